The average Bonchev–Trinajstić information content (AvgIpc) is 2.62. The van der Waals surface area contributed by atoms with Gasteiger partial charge in [-0.15, -0.1) is 11.3 Å². The van der Waals surface area contributed by atoms with Crippen molar-refractivity contribution in [3.63, 3.8) is 0 Å². The largest absolute Gasteiger partial charge is 0.463 e. The molecule has 1 heterocycles. The van der Waals surface area contributed by atoms with Crippen molar-refractivity contribution in [1.29, 1.82) is 0 Å². The maximum Gasteiger partial charge on any atom is 0.330 e. The van der Waals surface area contributed by atoms with Crippen LogP contribution in [0.2, 0.25) is 0 Å². The summed E-state index contributed by atoms with van der Waals surface area (Å²) >= 11 is 1.66. The molecule has 0 atom stereocenters. The minimum atomic E-state index is -0.255. The molecule has 0 saturated carbocycles. The third-order valence-electron chi connectivity index (χ3n) is 1.89. The summed E-state index contributed by atoms with van der Waals surface area (Å²) in [5.41, 5.74) is 0. The molecule has 15 heavy (non-hydrogen) atoms. The minimum Gasteiger partial charge on any atom is -0.463 e. The number of aryl methyl sites for hydroxylation is 1. The SMILES string of the molecule is CCCCOC(=O)/C=C/c1ccc(C)s1. The van der Waals surface area contributed by atoms with Crippen LogP contribution in [0.1, 0.15) is 29.5 Å². The van der Waals surface area contributed by atoms with Crippen molar-refractivity contribution in [2.45, 2.75) is 26.7 Å². The lowest BCUT2D eigenvalue weighted by molar-refractivity contribution is -0.137. The molecule has 0 aliphatic carbocycles. The van der Waals surface area contributed by atoms with Crippen LogP contribution in [0.3, 0.4) is 0 Å². The second-order valence-corrected chi connectivity index (χ2v) is 4.62. The zero-order chi connectivity index (χ0) is 11.1. The number of rotatable bonds is 5. The molecule has 3 heteroatoms. The molecule has 0 aliphatic heterocycles. The Morgan fingerprint density at radius 2 is 2.33 bits per heavy atom. The summed E-state index contributed by atoms with van der Waals surface area (Å²) in [4.78, 5) is 13.5. The molecule has 0 aromatic carbocycles. The molecule has 0 amide bonds. The van der Waals surface area contributed by atoms with Crippen LogP contribution in [0, 0.1) is 6.92 Å². The van der Waals surface area contributed by atoms with E-state index in [9.17, 15) is 4.79 Å². The summed E-state index contributed by atoms with van der Waals surface area (Å²) in [6, 6.07) is 4.03. The molecule has 0 bridgehead atoms. The van der Waals surface area contributed by atoms with E-state index in [4.69, 9.17) is 4.74 Å². The standard InChI is InChI=1S/C12H16O2S/c1-3-4-9-14-12(13)8-7-11-6-5-10(2)15-11/h5-8H,3-4,9H2,1-2H3/b8-7+. The van der Waals surface area contributed by atoms with Crippen molar-refractivity contribution in [1.82, 2.24) is 0 Å². The van der Waals surface area contributed by atoms with Gasteiger partial charge in [-0.3, -0.25) is 0 Å². The number of thiophene rings is 1. The molecule has 0 spiro atoms. The van der Waals surface area contributed by atoms with Gasteiger partial charge in [0, 0.05) is 15.8 Å². The number of esters is 1. The summed E-state index contributed by atoms with van der Waals surface area (Å²) in [5, 5.41) is 0. The van der Waals surface area contributed by atoms with E-state index in [-0.39, 0.29) is 5.97 Å². The number of carbonyl (C=O) groups excluding carboxylic acids is 1. The van der Waals surface area contributed by atoms with Gasteiger partial charge in [-0.05, 0) is 31.6 Å². The lowest BCUT2D eigenvalue weighted by Gasteiger charge is -1.98. The molecule has 1 aromatic heterocycles. The fraction of sp³-hybridized carbons (Fsp3) is 0.417. The fourth-order valence-electron chi connectivity index (χ4n) is 1.06. The number of hydrogen-bond acceptors (Lipinski definition) is 3. The van der Waals surface area contributed by atoms with Gasteiger partial charge < -0.3 is 4.74 Å². The highest BCUT2D eigenvalue weighted by atomic mass is 32.1. The van der Waals surface area contributed by atoms with Crippen LogP contribution in [0.15, 0.2) is 18.2 Å². The molecule has 82 valence electrons. The monoisotopic (exact) mass is 224 g/mol. The molecular weight excluding hydrogens is 208 g/mol. The van der Waals surface area contributed by atoms with E-state index in [1.54, 1.807) is 17.4 Å². The van der Waals surface area contributed by atoms with E-state index in [0.717, 1.165) is 17.7 Å². The van der Waals surface area contributed by atoms with Crippen LogP contribution in [0.25, 0.3) is 6.08 Å². The molecule has 1 rings (SSSR count). The molecule has 0 saturated heterocycles. The highest BCUT2D eigenvalue weighted by Crippen LogP contribution is 2.16. The maximum absolute atomic E-state index is 11.2. The van der Waals surface area contributed by atoms with Crippen LogP contribution in [0.5, 0.6) is 0 Å². The summed E-state index contributed by atoms with van der Waals surface area (Å²) in [7, 11) is 0. The van der Waals surface area contributed by atoms with E-state index in [1.807, 2.05) is 19.1 Å². The van der Waals surface area contributed by atoms with E-state index < -0.39 is 0 Å². The summed E-state index contributed by atoms with van der Waals surface area (Å²) in [6.45, 7) is 4.63. The smallest absolute Gasteiger partial charge is 0.330 e. The van der Waals surface area contributed by atoms with Crippen LogP contribution < -0.4 is 0 Å². The first kappa shape index (κ1) is 12.0. The lowest BCUT2D eigenvalue weighted by Crippen LogP contribution is -2.01. The highest BCUT2D eigenvalue weighted by Gasteiger charge is 1.96. The predicted octanol–water partition coefficient (Wildman–Crippen LogP) is 3.41. The Balaban J connectivity index is 2.34. The fourth-order valence-corrected chi connectivity index (χ4v) is 1.84. The van der Waals surface area contributed by atoms with Crippen molar-refractivity contribution in [2.24, 2.45) is 0 Å². The highest BCUT2D eigenvalue weighted by molar-refractivity contribution is 7.12. The van der Waals surface area contributed by atoms with Gasteiger partial charge in [0.05, 0.1) is 6.61 Å². The van der Waals surface area contributed by atoms with E-state index in [1.165, 1.54) is 11.0 Å². The first-order valence-electron chi connectivity index (χ1n) is 5.13. The third kappa shape index (κ3) is 4.79. The van der Waals surface area contributed by atoms with E-state index in [2.05, 4.69) is 6.92 Å². The first-order valence-corrected chi connectivity index (χ1v) is 5.95. The quantitative estimate of drug-likeness (QED) is 0.435. The van der Waals surface area contributed by atoms with Crippen LogP contribution >= 0.6 is 11.3 Å². The second kappa shape index (κ2) is 6.40. The molecule has 0 unspecified atom stereocenters. The van der Waals surface area contributed by atoms with Gasteiger partial charge in [0.2, 0.25) is 0 Å². The summed E-state index contributed by atoms with van der Waals surface area (Å²) in [5.74, 6) is -0.255. The topological polar surface area (TPSA) is 26.3 Å². The first-order chi connectivity index (χ1) is 7.22. The summed E-state index contributed by atoms with van der Waals surface area (Å²) in [6.07, 6.45) is 5.26. The Bertz CT molecular complexity index is 339. The summed E-state index contributed by atoms with van der Waals surface area (Å²) < 4.78 is 4.99. The Morgan fingerprint density at radius 1 is 1.53 bits per heavy atom. The average molecular weight is 224 g/mol. The third-order valence-corrected chi connectivity index (χ3v) is 2.85. The van der Waals surface area contributed by atoms with Crippen LogP contribution in [-0.2, 0) is 9.53 Å². The molecule has 0 N–H and O–H groups in total. The van der Waals surface area contributed by atoms with Crippen molar-refractivity contribution >= 4 is 23.4 Å². The van der Waals surface area contributed by atoms with Gasteiger partial charge in [-0.2, -0.15) is 0 Å². The zero-order valence-electron chi connectivity index (χ0n) is 9.16. The zero-order valence-corrected chi connectivity index (χ0v) is 9.97. The van der Waals surface area contributed by atoms with Gasteiger partial charge in [-0.25, -0.2) is 4.79 Å². The van der Waals surface area contributed by atoms with Gasteiger partial charge >= 0.3 is 5.97 Å². The second-order valence-electron chi connectivity index (χ2n) is 3.30. The number of carbonyl (C=O) groups is 1. The van der Waals surface area contributed by atoms with Crippen molar-refractivity contribution in [2.75, 3.05) is 6.61 Å². The van der Waals surface area contributed by atoms with Gasteiger partial charge in [0.15, 0.2) is 0 Å². The molecule has 0 radical (unpaired) electrons. The number of hydrogen-bond donors (Lipinski definition) is 0. The maximum atomic E-state index is 11.2. The molecule has 1 aromatic rings. The Morgan fingerprint density at radius 3 is 2.93 bits per heavy atom. The van der Waals surface area contributed by atoms with E-state index in [0.29, 0.717) is 6.61 Å². The van der Waals surface area contributed by atoms with Crippen LogP contribution in [0.4, 0.5) is 0 Å². The molecule has 0 aliphatic rings. The van der Waals surface area contributed by atoms with Gasteiger partial charge in [0.1, 0.15) is 0 Å². The minimum absolute atomic E-state index is 0.255. The molecular formula is C12H16O2S. The Labute approximate surface area is 94.6 Å². The predicted molar refractivity (Wildman–Crippen MR) is 64.0 cm³/mol. The van der Waals surface area contributed by atoms with Crippen molar-refractivity contribution in [3.05, 3.63) is 28.0 Å². The molecule has 2 nitrogen and oxygen atoms in total. The number of ether oxygens (including phenoxy) is 1. The van der Waals surface area contributed by atoms with Crippen LogP contribution in [-0.4, -0.2) is 12.6 Å². The van der Waals surface area contributed by atoms with E-state index >= 15 is 0 Å². The Kier molecular flexibility index (Phi) is 5.12. The van der Waals surface area contributed by atoms with Crippen molar-refractivity contribution in [3.8, 4) is 0 Å². The van der Waals surface area contributed by atoms with Gasteiger partial charge in [0.25, 0.3) is 0 Å². The normalized spacial score (nSPS) is 10.8. The van der Waals surface area contributed by atoms with Gasteiger partial charge in [-0.1, -0.05) is 13.3 Å². The Hall–Kier alpha value is -1.09. The number of unbranched alkanes of at least 4 members (excludes halogenated alkanes) is 1. The van der Waals surface area contributed by atoms with Crippen molar-refractivity contribution < 1.29 is 9.53 Å². The molecule has 0 fully saturated rings. The lowest BCUT2D eigenvalue weighted by atomic mass is 10.3.